The van der Waals surface area contributed by atoms with E-state index in [-0.39, 0.29) is 23.4 Å². The number of esters is 1. The molecule has 3 rings (SSSR count). The molecule has 3 nitrogen and oxygen atoms in total. The van der Waals surface area contributed by atoms with E-state index in [9.17, 15) is 13.6 Å². The predicted octanol–water partition coefficient (Wildman–Crippen LogP) is 8.49. The number of unbranched alkanes of at least 4 members (excludes halogenated alkanes) is 6. The number of carbonyl (C=O) groups excluding carboxylic acids is 1. The summed E-state index contributed by atoms with van der Waals surface area (Å²) in [5.74, 6) is -0.887. The molecule has 1 aliphatic carbocycles. The van der Waals surface area contributed by atoms with Gasteiger partial charge in [0.25, 0.3) is 0 Å². The molecule has 0 saturated heterocycles. The molecule has 5 heteroatoms. The Bertz CT molecular complexity index is 922. The molecule has 0 spiro atoms. The van der Waals surface area contributed by atoms with Gasteiger partial charge in [0, 0.05) is 0 Å². The highest BCUT2D eigenvalue weighted by Gasteiger charge is 2.35. The van der Waals surface area contributed by atoms with Crippen LogP contribution in [0.5, 0.6) is 11.5 Å². The smallest absolute Gasteiger partial charge is 0.314 e. The Kier molecular flexibility index (Phi) is 10.4. The zero-order valence-electron chi connectivity index (χ0n) is 20.6. The second-order valence-electron chi connectivity index (χ2n) is 9.50. The van der Waals surface area contributed by atoms with Crippen LogP contribution in [0.3, 0.4) is 0 Å². The van der Waals surface area contributed by atoms with Crippen LogP contribution in [0.25, 0.3) is 11.1 Å². The Morgan fingerprint density at radius 3 is 2.03 bits per heavy atom. The van der Waals surface area contributed by atoms with E-state index in [2.05, 4.69) is 13.8 Å². The Labute approximate surface area is 202 Å². The fraction of sp³-hybridized carbons (Fsp3) is 0.552. The second-order valence-corrected chi connectivity index (χ2v) is 9.50. The Balaban J connectivity index is 1.50. The molecule has 0 amide bonds. The van der Waals surface area contributed by atoms with Crippen LogP contribution in [0.1, 0.15) is 84.5 Å². The molecular formula is C29H38F2O3. The molecule has 1 aliphatic rings. The third-order valence-corrected chi connectivity index (χ3v) is 6.70. The van der Waals surface area contributed by atoms with Crippen LogP contribution in [-0.4, -0.2) is 12.6 Å². The van der Waals surface area contributed by atoms with Crippen molar-refractivity contribution in [1.29, 1.82) is 0 Å². The number of hydrogen-bond donors (Lipinski definition) is 0. The van der Waals surface area contributed by atoms with Crippen LogP contribution in [0, 0.1) is 23.5 Å². The number of hydrogen-bond acceptors (Lipinski definition) is 3. The molecule has 0 bridgehead atoms. The molecule has 186 valence electrons. The van der Waals surface area contributed by atoms with E-state index in [1.807, 2.05) is 0 Å². The van der Waals surface area contributed by atoms with Crippen molar-refractivity contribution in [1.82, 2.24) is 0 Å². The van der Waals surface area contributed by atoms with Gasteiger partial charge < -0.3 is 9.47 Å². The van der Waals surface area contributed by atoms with Crippen LogP contribution in [0.2, 0.25) is 0 Å². The van der Waals surface area contributed by atoms with Gasteiger partial charge in [-0.05, 0) is 60.6 Å². The number of rotatable bonds is 14. The van der Waals surface area contributed by atoms with E-state index < -0.39 is 11.6 Å². The lowest BCUT2D eigenvalue weighted by atomic mass is 9.72. The molecule has 0 heterocycles. The van der Waals surface area contributed by atoms with Gasteiger partial charge in [0.1, 0.15) is 0 Å². The second kappa shape index (κ2) is 13.5. The monoisotopic (exact) mass is 472 g/mol. The van der Waals surface area contributed by atoms with Crippen LogP contribution >= 0.6 is 0 Å². The normalized spacial score (nSPS) is 17.3. The summed E-state index contributed by atoms with van der Waals surface area (Å²) in [5.41, 5.74) is 1.06. The Morgan fingerprint density at radius 2 is 1.41 bits per heavy atom. The van der Waals surface area contributed by atoms with Crippen LogP contribution < -0.4 is 9.47 Å². The summed E-state index contributed by atoms with van der Waals surface area (Å²) in [5, 5.41) is 0. The fourth-order valence-corrected chi connectivity index (χ4v) is 4.49. The molecule has 2 aromatic rings. The lowest BCUT2D eigenvalue weighted by Gasteiger charge is -2.33. The van der Waals surface area contributed by atoms with Crippen molar-refractivity contribution in [3.05, 3.63) is 48.0 Å². The summed E-state index contributed by atoms with van der Waals surface area (Å²) >= 11 is 0. The number of benzene rings is 2. The van der Waals surface area contributed by atoms with E-state index in [1.165, 1.54) is 56.7 Å². The van der Waals surface area contributed by atoms with Gasteiger partial charge in [-0.25, -0.2) is 8.78 Å². The lowest BCUT2D eigenvalue weighted by Crippen LogP contribution is -2.33. The predicted molar refractivity (Wildman–Crippen MR) is 132 cm³/mol. The average molecular weight is 473 g/mol. The minimum Gasteiger partial charge on any atom is -0.491 e. The first kappa shape index (κ1) is 26.2. The largest absolute Gasteiger partial charge is 0.491 e. The highest BCUT2D eigenvalue weighted by atomic mass is 19.1. The maximum atomic E-state index is 14.6. The van der Waals surface area contributed by atoms with Gasteiger partial charge in [-0.15, -0.1) is 0 Å². The van der Waals surface area contributed by atoms with Crippen molar-refractivity contribution in [3.8, 4) is 22.6 Å². The summed E-state index contributed by atoms with van der Waals surface area (Å²) in [4.78, 5) is 12.4. The summed E-state index contributed by atoms with van der Waals surface area (Å²) in [6, 6.07) is 9.00. The topological polar surface area (TPSA) is 35.5 Å². The standard InChI is InChI=1S/C29H38F2O3/c1-3-5-7-8-10-16-33-27-14-12-22(19-25(27)30)23-13-15-28(26(31)20-23)34-29(32)24-17-21(18-24)11-9-6-4-2/h12-15,19-21,24H,3-11,16-18H2,1-2H3. The first-order valence-electron chi connectivity index (χ1n) is 13.0. The molecule has 1 saturated carbocycles. The SMILES string of the molecule is CCCCCCCOc1ccc(-c2ccc(OC(=O)C3CC(CCCCC)C3)c(F)c2)cc1F. The maximum Gasteiger partial charge on any atom is 0.314 e. The maximum absolute atomic E-state index is 14.6. The molecule has 0 atom stereocenters. The lowest BCUT2D eigenvalue weighted by molar-refractivity contribution is -0.143. The van der Waals surface area contributed by atoms with Gasteiger partial charge in [0.05, 0.1) is 12.5 Å². The van der Waals surface area contributed by atoms with Crippen molar-refractivity contribution < 1.29 is 23.0 Å². The molecule has 0 unspecified atom stereocenters. The van der Waals surface area contributed by atoms with Crippen molar-refractivity contribution in [2.75, 3.05) is 6.61 Å². The summed E-state index contributed by atoms with van der Waals surface area (Å²) < 4.78 is 40.0. The third kappa shape index (κ3) is 7.54. The Morgan fingerprint density at radius 1 is 0.824 bits per heavy atom. The molecule has 1 fully saturated rings. The third-order valence-electron chi connectivity index (χ3n) is 6.70. The molecular weight excluding hydrogens is 434 g/mol. The van der Waals surface area contributed by atoms with E-state index in [0.29, 0.717) is 23.7 Å². The van der Waals surface area contributed by atoms with Gasteiger partial charge in [-0.3, -0.25) is 4.79 Å². The highest BCUT2D eigenvalue weighted by Crippen LogP contribution is 2.38. The van der Waals surface area contributed by atoms with Crippen molar-refractivity contribution in [2.24, 2.45) is 11.8 Å². The van der Waals surface area contributed by atoms with E-state index in [0.717, 1.165) is 32.1 Å². The highest BCUT2D eigenvalue weighted by molar-refractivity contribution is 5.76. The van der Waals surface area contributed by atoms with Gasteiger partial charge in [0.15, 0.2) is 23.1 Å². The van der Waals surface area contributed by atoms with E-state index >= 15 is 0 Å². The molecule has 0 N–H and O–H groups in total. The fourth-order valence-electron chi connectivity index (χ4n) is 4.49. The van der Waals surface area contributed by atoms with Crippen LogP contribution in [0.15, 0.2) is 36.4 Å². The molecule has 0 aromatic heterocycles. The minimum atomic E-state index is -0.627. The van der Waals surface area contributed by atoms with Crippen LogP contribution in [0.4, 0.5) is 8.78 Å². The van der Waals surface area contributed by atoms with Gasteiger partial charge >= 0.3 is 5.97 Å². The molecule has 2 aromatic carbocycles. The zero-order chi connectivity index (χ0) is 24.3. The quantitative estimate of drug-likeness (QED) is 0.157. The minimum absolute atomic E-state index is 0.0771. The number of ether oxygens (including phenoxy) is 2. The summed E-state index contributed by atoms with van der Waals surface area (Å²) in [7, 11) is 0. The molecule has 34 heavy (non-hydrogen) atoms. The first-order chi connectivity index (χ1) is 16.5. The van der Waals surface area contributed by atoms with Gasteiger partial charge in [-0.1, -0.05) is 77.3 Å². The first-order valence-corrected chi connectivity index (χ1v) is 13.0. The molecule has 0 radical (unpaired) electrons. The number of carbonyl (C=O) groups is 1. The summed E-state index contributed by atoms with van der Waals surface area (Å²) in [6.07, 6.45) is 11.9. The van der Waals surface area contributed by atoms with Gasteiger partial charge in [0.2, 0.25) is 0 Å². The van der Waals surface area contributed by atoms with Crippen molar-refractivity contribution in [3.63, 3.8) is 0 Å². The Hall–Kier alpha value is -2.43. The van der Waals surface area contributed by atoms with Crippen LogP contribution in [-0.2, 0) is 4.79 Å². The molecule has 0 aliphatic heterocycles. The number of halogens is 2. The van der Waals surface area contributed by atoms with E-state index in [4.69, 9.17) is 9.47 Å². The zero-order valence-corrected chi connectivity index (χ0v) is 20.6. The van der Waals surface area contributed by atoms with Crippen molar-refractivity contribution >= 4 is 5.97 Å². The summed E-state index contributed by atoms with van der Waals surface area (Å²) in [6.45, 7) is 4.83. The average Bonchev–Trinajstić information content (AvgIpc) is 2.79. The van der Waals surface area contributed by atoms with E-state index in [1.54, 1.807) is 18.2 Å². The van der Waals surface area contributed by atoms with Crippen molar-refractivity contribution in [2.45, 2.75) is 84.5 Å². The van der Waals surface area contributed by atoms with Gasteiger partial charge in [-0.2, -0.15) is 0 Å².